The van der Waals surface area contributed by atoms with Crippen LogP contribution >= 0.6 is 0 Å². The van der Waals surface area contributed by atoms with Crippen LogP contribution in [0.4, 0.5) is 23.1 Å². The summed E-state index contributed by atoms with van der Waals surface area (Å²) in [5.74, 6) is 2.16. The lowest BCUT2D eigenvalue weighted by atomic mass is 9.87. The number of rotatable bonds is 6. The summed E-state index contributed by atoms with van der Waals surface area (Å²) in [5.41, 5.74) is 4.40. The van der Waals surface area contributed by atoms with Crippen molar-refractivity contribution in [2.24, 2.45) is 5.92 Å². The van der Waals surface area contributed by atoms with E-state index in [0.29, 0.717) is 23.8 Å². The highest BCUT2D eigenvalue weighted by molar-refractivity contribution is 6.03. The molecule has 1 atom stereocenters. The number of ketones is 1. The van der Waals surface area contributed by atoms with Crippen LogP contribution in [-0.4, -0.2) is 22.9 Å². The number of nitrogens with one attached hydrogen (secondary N) is 2. The second kappa shape index (κ2) is 8.53. The molecule has 1 unspecified atom stereocenters. The molecule has 2 aromatic carbocycles. The van der Waals surface area contributed by atoms with Gasteiger partial charge in [0.1, 0.15) is 11.6 Å². The summed E-state index contributed by atoms with van der Waals surface area (Å²) < 4.78 is 5.21. The van der Waals surface area contributed by atoms with E-state index in [9.17, 15) is 4.79 Å². The predicted molar refractivity (Wildman–Crippen MR) is 119 cm³/mol. The van der Waals surface area contributed by atoms with Crippen molar-refractivity contribution in [1.29, 1.82) is 0 Å². The van der Waals surface area contributed by atoms with Gasteiger partial charge in [-0.2, -0.15) is 4.98 Å². The molecule has 3 aromatic rings. The third-order valence-corrected chi connectivity index (χ3v) is 5.31. The van der Waals surface area contributed by atoms with E-state index in [1.165, 1.54) is 5.56 Å². The fourth-order valence-electron chi connectivity index (χ4n) is 3.68. The number of Topliss-reactive ketones (excluding diaryl/α,β-unsaturated/α-hetero) is 1. The number of aromatic nitrogens is 2. The SMILES string of the molecule is CCc1ccc(Nc2nc(Nc3ccc(OC)cc3)nc3c2C(=O)CC(C)C3)cc1. The Bertz CT molecular complexity index is 1050. The van der Waals surface area contributed by atoms with Crippen molar-refractivity contribution in [3.8, 4) is 5.75 Å². The molecular weight excluding hydrogens is 376 g/mol. The number of methoxy groups -OCH3 is 1. The number of fused-ring (bicyclic) bond motifs is 1. The first-order chi connectivity index (χ1) is 14.6. The number of benzene rings is 2. The van der Waals surface area contributed by atoms with Crippen LogP contribution in [0, 0.1) is 5.92 Å². The van der Waals surface area contributed by atoms with Crippen molar-refractivity contribution >= 4 is 28.9 Å². The largest absolute Gasteiger partial charge is 0.497 e. The van der Waals surface area contributed by atoms with Crippen LogP contribution in [0.1, 0.15) is 41.9 Å². The topological polar surface area (TPSA) is 76.1 Å². The summed E-state index contributed by atoms with van der Waals surface area (Å²) in [6, 6.07) is 15.8. The minimum atomic E-state index is 0.0902. The van der Waals surface area contributed by atoms with Crippen LogP contribution in [0.25, 0.3) is 0 Å². The smallest absolute Gasteiger partial charge is 0.229 e. The van der Waals surface area contributed by atoms with Gasteiger partial charge < -0.3 is 15.4 Å². The van der Waals surface area contributed by atoms with E-state index in [4.69, 9.17) is 4.74 Å². The normalized spacial score (nSPS) is 15.4. The Labute approximate surface area is 176 Å². The van der Waals surface area contributed by atoms with Crippen LogP contribution in [0.3, 0.4) is 0 Å². The number of carbonyl (C=O) groups excluding carboxylic acids is 1. The molecule has 30 heavy (non-hydrogen) atoms. The zero-order valence-corrected chi connectivity index (χ0v) is 17.5. The van der Waals surface area contributed by atoms with Crippen LogP contribution in [0.15, 0.2) is 48.5 Å². The van der Waals surface area contributed by atoms with Crippen molar-refractivity contribution in [2.45, 2.75) is 33.1 Å². The number of aryl methyl sites for hydroxylation is 1. The van der Waals surface area contributed by atoms with Crippen molar-refractivity contribution in [2.75, 3.05) is 17.7 Å². The van der Waals surface area contributed by atoms with E-state index in [1.807, 2.05) is 36.4 Å². The molecule has 2 N–H and O–H groups in total. The summed E-state index contributed by atoms with van der Waals surface area (Å²) in [7, 11) is 1.64. The molecule has 0 bridgehead atoms. The fourth-order valence-corrected chi connectivity index (χ4v) is 3.68. The molecule has 0 amide bonds. The second-order valence-corrected chi connectivity index (χ2v) is 7.68. The van der Waals surface area contributed by atoms with Gasteiger partial charge in [-0.25, -0.2) is 4.98 Å². The van der Waals surface area contributed by atoms with Crippen LogP contribution in [0.5, 0.6) is 5.75 Å². The first kappa shape index (κ1) is 19.9. The highest BCUT2D eigenvalue weighted by Crippen LogP contribution is 2.32. The zero-order chi connectivity index (χ0) is 21.1. The Hall–Kier alpha value is -3.41. The molecule has 0 spiro atoms. The average Bonchev–Trinajstić information content (AvgIpc) is 2.74. The average molecular weight is 402 g/mol. The Morgan fingerprint density at radius 2 is 1.63 bits per heavy atom. The highest BCUT2D eigenvalue weighted by atomic mass is 16.5. The molecule has 0 saturated heterocycles. The number of hydrogen-bond donors (Lipinski definition) is 2. The highest BCUT2D eigenvalue weighted by Gasteiger charge is 2.28. The lowest BCUT2D eigenvalue weighted by molar-refractivity contribution is 0.0953. The Morgan fingerprint density at radius 1 is 0.967 bits per heavy atom. The third-order valence-electron chi connectivity index (χ3n) is 5.31. The van der Waals surface area contributed by atoms with Gasteiger partial charge in [0.2, 0.25) is 5.95 Å². The molecule has 154 valence electrons. The number of hydrogen-bond acceptors (Lipinski definition) is 6. The number of nitrogens with zero attached hydrogens (tertiary/aromatic N) is 2. The second-order valence-electron chi connectivity index (χ2n) is 7.68. The van der Waals surface area contributed by atoms with Gasteiger partial charge in [0.25, 0.3) is 0 Å². The van der Waals surface area contributed by atoms with Gasteiger partial charge in [0.05, 0.1) is 18.4 Å². The van der Waals surface area contributed by atoms with E-state index >= 15 is 0 Å². The van der Waals surface area contributed by atoms with Gasteiger partial charge in [0, 0.05) is 17.8 Å². The minimum Gasteiger partial charge on any atom is -0.497 e. The summed E-state index contributed by atoms with van der Waals surface area (Å²) in [6.07, 6.45) is 2.25. The van der Waals surface area contributed by atoms with Crippen LogP contribution in [-0.2, 0) is 12.8 Å². The summed E-state index contributed by atoms with van der Waals surface area (Å²) in [5, 5.41) is 6.59. The Kier molecular flexibility index (Phi) is 5.65. The van der Waals surface area contributed by atoms with Crippen molar-refractivity contribution in [3.63, 3.8) is 0 Å². The van der Waals surface area contributed by atoms with E-state index < -0.39 is 0 Å². The monoisotopic (exact) mass is 402 g/mol. The first-order valence-electron chi connectivity index (χ1n) is 10.3. The van der Waals surface area contributed by atoms with Crippen molar-refractivity contribution in [1.82, 2.24) is 9.97 Å². The zero-order valence-electron chi connectivity index (χ0n) is 17.5. The standard InChI is InChI=1S/C24H26N4O2/c1-4-16-5-7-17(8-6-16)25-23-22-20(13-15(2)14-21(22)29)27-24(28-23)26-18-9-11-19(30-3)12-10-18/h5-12,15H,4,13-14H2,1-3H3,(H2,25,26,27,28). The molecule has 0 fully saturated rings. The Morgan fingerprint density at radius 3 is 2.30 bits per heavy atom. The van der Waals surface area contributed by atoms with Crippen LogP contribution < -0.4 is 15.4 Å². The molecule has 6 heteroatoms. The number of anilines is 4. The predicted octanol–water partition coefficient (Wildman–Crippen LogP) is 5.30. The lowest BCUT2D eigenvalue weighted by Crippen LogP contribution is -2.22. The molecule has 1 aromatic heterocycles. The van der Waals surface area contributed by atoms with Gasteiger partial charge in [0.15, 0.2) is 5.78 Å². The fraction of sp³-hybridized carbons (Fsp3) is 0.292. The minimum absolute atomic E-state index is 0.0902. The van der Waals surface area contributed by atoms with Crippen molar-refractivity contribution in [3.05, 3.63) is 65.4 Å². The van der Waals surface area contributed by atoms with Crippen LogP contribution in [0.2, 0.25) is 0 Å². The summed E-state index contributed by atoms with van der Waals surface area (Å²) in [4.78, 5) is 22.1. The van der Waals surface area contributed by atoms with Gasteiger partial charge in [-0.15, -0.1) is 0 Å². The van der Waals surface area contributed by atoms with E-state index in [1.54, 1.807) is 7.11 Å². The van der Waals surface area contributed by atoms with Gasteiger partial charge in [-0.05, 0) is 60.7 Å². The molecule has 4 rings (SSSR count). The number of ether oxygens (including phenoxy) is 1. The summed E-state index contributed by atoms with van der Waals surface area (Å²) in [6.45, 7) is 4.20. The van der Waals surface area contributed by atoms with Crippen molar-refractivity contribution < 1.29 is 9.53 Å². The molecule has 1 heterocycles. The maximum absolute atomic E-state index is 12.8. The van der Waals surface area contributed by atoms with Gasteiger partial charge in [-0.1, -0.05) is 26.0 Å². The number of carbonyl (C=O) groups is 1. The summed E-state index contributed by atoms with van der Waals surface area (Å²) >= 11 is 0. The molecule has 0 aliphatic heterocycles. The van der Waals surface area contributed by atoms with E-state index in [2.05, 4.69) is 46.6 Å². The molecule has 0 saturated carbocycles. The lowest BCUT2D eigenvalue weighted by Gasteiger charge is -2.23. The van der Waals surface area contributed by atoms with E-state index in [0.717, 1.165) is 35.7 Å². The van der Waals surface area contributed by atoms with Gasteiger partial charge >= 0.3 is 0 Å². The molecule has 0 radical (unpaired) electrons. The first-order valence-corrected chi connectivity index (χ1v) is 10.3. The van der Waals surface area contributed by atoms with Gasteiger partial charge in [-0.3, -0.25) is 4.79 Å². The molecule has 6 nitrogen and oxygen atoms in total. The Balaban J connectivity index is 1.69. The van der Waals surface area contributed by atoms with E-state index in [-0.39, 0.29) is 11.7 Å². The third kappa shape index (κ3) is 4.27. The molecular formula is C24H26N4O2. The quantitative estimate of drug-likeness (QED) is 0.583. The molecule has 1 aliphatic carbocycles. The molecule has 1 aliphatic rings. The maximum atomic E-state index is 12.8. The maximum Gasteiger partial charge on any atom is 0.229 e.